The van der Waals surface area contributed by atoms with Crippen LogP contribution in [0.3, 0.4) is 0 Å². The van der Waals surface area contributed by atoms with Gasteiger partial charge < -0.3 is 11.1 Å². The lowest BCUT2D eigenvalue weighted by Gasteiger charge is -2.24. The first-order valence-electron chi connectivity index (χ1n) is 7.40. The second-order valence-electron chi connectivity index (χ2n) is 5.40. The van der Waals surface area contributed by atoms with Crippen molar-refractivity contribution in [2.75, 3.05) is 30.7 Å². The molecule has 106 valence electrons. The zero-order chi connectivity index (χ0) is 13.9. The maximum atomic E-state index is 6.25. The zero-order valence-corrected chi connectivity index (χ0v) is 12.0. The number of fused-ring (bicyclic) bond motifs is 1. The van der Waals surface area contributed by atoms with Crippen molar-refractivity contribution < 1.29 is 0 Å². The third-order valence-corrected chi connectivity index (χ3v) is 4.26. The van der Waals surface area contributed by atoms with Crippen molar-refractivity contribution >= 4 is 22.3 Å². The van der Waals surface area contributed by atoms with E-state index in [0.717, 1.165) is 35.4 Å². The molecule has 1 atom stereocenters. The van der Waals surface area contributed by atoms with Gasteiger partial charge in [-0.2, -0.15) is 0 Å². The number of aromatic nitrogens is 1. The number of nitrogens with one attached hydrogen (secondary N) is 1. The molecule has 0 amide bonds. The van der Waals surface area contributed by atoms with E-state index in [9.17, 15) is 0 Å². The van der Waals surface area contributed by atoms with Gasteiger partial charge in [0.25, 0.3) is 0 Å². The first-order valence-corrected chi connectivity index (χ1v) is 7.40. The van der Waals surface area contributed by atoms with Gasteiger partial charge in [0.15, 0.2) is 0 Å². The molecule has 1 fully saturated rings. The predicted octanol–water partition coefficient (Wildman–Crippen LogP) is 2.71. The largest absolute Gasteiger partial charge is 0.397 e. The number of likely N-dealkylation sites (N-methyl/N-ethyl adjacent to an activating group) is 1. The number of likely N-dealkylation sites (tertiary alicyclic amines) is 1. The fourth-order valence-electron chi connectivity index (χ4n) is 3.10. The van der Waals surface area contributed by atoms with Gasteiger partial charge in [-0.05, 0) is 50.2 Å². The van der Waals surface area contributed by atoms with Crippen LogP contribution in [-0.4, -0.2) is 35.6 Å². The minimum Gasteiger partial charge on any atom is -0.397 e. The number of rotatable bonds is 4. The molecule has 1 aliphatic heterocycles. The van der Waals surface area contributed by atoms with Crippen LogP contribution in [0.2, 0.25) is 0 Å². The quantitative estimate of drug-likeness (QED) is 0.839. The maximum Gasteiger partial charge on any atom is 0.0724 e. The number of nitrogens with zero attached hydrogens (tertiary/aromatic N) is 2. The molecule has 1 unspecified atom stereocenters. The van der Waals surface area contributed by atoms with Crippen LogP contribution in [0.4, 0.5) is 11.4 Å². The molecule has 0 spiro atoms. The Morgan fingerprint density at radius 1 is 1.40 bits per heavy atom. The van der Waals surface area contributed by atoms with Gasteiger partial charge in [-0.25, -0.2) is 0 Å². The minimum absolute atomic E-state index is 0.629. The van der Waals surface area contributed by atoms with Crippen LogP contribution >= 0.6 is 0 Å². The predicted molar refractivity (Wildman–Crippen MR) is 84.9 cm³/mol. The summed E-state index contributed by atoms with van der Waals surface area (Å²) in [6, 6.07) is 8.65. The normalized spacial score (nSPS) is 19.6. The average molecular weight is 270 g/mol. The lowest BCUT2D eigenvalue weighted by Crippen LogP contribution is -2.34. The van der Waals surface area contributed by atoms with Crippen molar-refractivity contribution in [3.63, 3.8) is 0 Å². The first-order chi connectivity index (χ1) is 9.79. The Kier molecular flexibility index (Phi) is 3.74. The van der Waals surface area contributed by atoms with Crippen LogP contribution in [0.5, 0.6) is 0 Å². The van der Waals surface area contributed by atoms with Crippen LogP contribution in [0.1, 0.15) is 19.8 Å². The molecule has 1 aliphatic rings. The van der Waals surface area contributed by atoms with E-state index in [2.05, 4.69) is 22.1 Å². The van der Waals surface area contributed by atoms with Gasteiger partial charge in [-0.1, -0.05) is 6.92 Å². The summed E-state index contributed by atoms with van der Waals surface area (Å²) in [6.07, 6.45) is 4.37. The summed E-state index contributed by atoms with van der Waals surface area (Å²) in [4.78, 5) is 6.86. The summed E-state index contributed by atoms with van der Waals surface area (Å²) < 4.78 is 0. The van der Waals surface area contributed by atoms with E-state index >= 15 is 0 Å². The molecule has 0 bridgehead atoms. The lowest BCUT2D eigenvalue weighted by molar-refractivity contribution is 0.277. The lowest BCUT2D eigenvalue weighted by atomic mass is 10.1. The van der Waals surface area contributed by atoms with Crippen molar-refractivity contribution in [3.05, 3.63) is 30.5 Å². The van der Waals surface area contributed by atoms with Gasteiger partial charge in [0.2, 0.25) is 0 Å². The molecule has 2 aromatic rings. The Balaban J connectivity index is 1.76. The topological polar surface area (TPSA) is 54.2 Å². The van der Waals surface area contributed by atoms with Crippen molar-refractivity contribution in [2.45, 2.75) is 25.8 Å². The van der Waals surface area contributed by atoms with Gasteiger partial charge in [-0.15, -0.1) is 0 Å². The second kappa shape index (κ2) is 5.67. The molecule has 3 rings (SSSR count). The number of anilines is 2. The molecule has 1 saturated heterocycles. The highest BCUT2D eigenvalue weighted by Gasteiger charge is 2.22. The number of hydrogen-bond acceptors (Lipinski definition) is 4. The van der Waals surface area contributed by atoms with E-state index in [1.54, 1.807) is 6.20 Å². The molecule has 0 radical (unpaired) electrons. The van der Waals surface area contributed by atoms with Crippen molar-refractivity contribution in [1.82, 2.24) is 9.88 Å². The van der Waals surface area contributed by atoms with Crippen LogP contribution in [0.25, 0.3) is 10.9 Å². The monoisotopic (exact) mass is 270 g/mol. The highest BCUT2D eigenvalue weighted by molar-refractivity contribution is 5.96. The Labute approximate surface area is 120 Å². The summed E-state index contributed by atoms with van der Waals surface area (Å²) >= 11 is 0. The summed E-state index contributed by atoms with van der Waals surface area (Å²) in [5.74, 6) is 0. The summed E-state index contributed by atoms with van der Waals surface area (Å²) in [6.45, 7) is 5.54. The smallest absolute Gasteiger partial charge is 0.0724 e. The average Bonchev–Trinajstić information content (AvgIpc) is 2.94. The standard InChI is InChI=1S/C16H22N4/c1-2-20-10-4-5-12(20)11-19-15-8-7-14-13(16(15)17)6-3-9-18-14/h3,6-9,12,19H,2,4-5,10-11,17H2,1H3. The molecule has 1 aromatic carbocycles. The van der Waals surface area contributed by atoms with Crippen LogP contribution < -0.4 is 11.1 Å². The van der Waals surface area contributed by atoms with Gasteiger partial charge in [0, 0.05) is 24.2 Å². The molecule has 4 heteroatoms. The number of hydrogen-bond donors (Lipinski definition) is 2. The van der Waals surface area contributed by atoms with E-state index in [4.69, 9.17) is 5.73 Å². The van der Waals surface area contributed by atoms with Gasteiger partial charge in [0.1, 0.15) is 0 Å². The SMILES string of the molecule is CCN1CCCC1CNc1ccc2ncccc2c1N. The van der Waals surface area contributed by atoms with Crippen LogP contribution in [-0.2, 0) is 0 Å². The summed E-state index contributed by atoms with van der Waals surface area (Å²) in [7, 11) is 0. The first kappa shape index (κ1) is 13.2. The van der Waals surface area contributed by atoms with Crippen LogP contribution in [0.15, 0.2) is 30.5 Å². The van der Waals surface area contributed by atoms with Crippen LogP contribution in [0, 0.1) is 0 Å². The molecule has 0 saturated carbocycles. The minimum atomic E-state index is 0.629. The highest BCUT2D eigenvalue weighted by atomic mass is 15.2. The summed E-state index contributed by atoms with van der Waals surface area (Å²) in [5, 5.41) is 4.54. The Morgan fingerprint density at radius 2 is 2.30 bits per heavy atom. The van der Waals surface area contributed by atoms with E-state index in [1.807, 2.05) is 24.3 Å². The van der Waals surface area contributed by atoms with Gasteiger partial charge in [-0.3, -0.25) is 9.88 Å². The highest BCUT2D eigenvalue weighted by Crippen LogP contribution is 2.28. The van der Waals surface area contributed by atoms with E-state index in [0.29, 0.717) is 6.04 Å². The number of nitrogen functional groups attached to an aromatic ring is 1. The molecule has 20 heavy (non-hydrogen) atoms. The van der Waals surface area contributed by atoms with Crippen molar-refractivity contribution in [3.8, 4) is 0 Å². The van der Waals surface area contributed by atoms with E-state index in [1.165, 1.54) is 19.4 Å². The third kappa shape index (κ3) is 2.43. The molecule has 1 aromatic heterocycles. The Bertz CT molecular complexity index is 596. The Hall–Kier alpha value is -1.81. The fourth-order valence-corrected chi connectivity index (χ4v) is 3.10. The summed E-state index contributed by atoms with van der Waals surface area (Å²) in [5.41, 5.74) is 9.03. The van der Waals surface area contributed by atoms with Crippen molar-refractivity contribution in [2.24, 2.45) is 0 Å². The number of pyridine rings is 1. The van der Waals surface area contributed by atoms with Gasteiger partial charge in [0.05, 0.1) is 16.9 Å². The van der Waals surface area contributed by atoms with E-state index in [-0.39, 0.29) is 0 Å². The molecule has 0 aliphatic carbocycles. The molecule has 4 nitrogen and oxygen atoms in total. The fraction of sp³-hybridized carbons (Fsp3) is 0.438. The van der Waals surface area contributed by atoms with Gasteiger partial charge >= 0.3 is 0 Å². The third-order valence-electron chi connectivity index (χ3n) is 4.26. The second-order valence-corrected chi connectivity index (χ2v) is 5.40. The molecular formula is C16H22N4. The van der Waals surface area contributed by atoms with E-state index < -0.39 is 0 Å². The Morgan fingerprint density at radius 3 is 3.15 bits per heavy atom. The molecule has 3 N–H and O–H groups in total. The molecule has 2 heterocycles. The number of nitrogens with two attached hydrogens (primary N) is 1. The molecular weight excluding hydrogens is 248 g/mol. The maximum absolute atomic E-state index is 6.25. The number of benzene rings is 1. The van der Waals surface area contributed by atoms with Crippen molar-refractivity contribution in [1.29, 1.82) is 0 Å². The zero-order valence-electron chi connectivity index (χ0n) is 12.0.